The van der Waals surface area contributed by atoms with Gasteiger partial charge in [-0.3, -0.25) is 0 Å². The number of nitrogens with zero attached hydrogens (tertiary/aromatic N) is 3. The van der Waals surface area contributed by atoms with Gasteiger partial charge in [-0.05, 0) is 58.3 Å². The van der Waals surface area contributed by atoms with Crippen LogP contribution in [0.4, 0.5) is 0 Å². The number of aryl methyl sites for hydroxylation is 2. The second-order valence-corrected chi connectivity index (χ2v) is 12.8. The summed E-state index contributed by atoms with van der Waals surface area (Å²) in [4.78, 5) is 17.4. The SMILES string of the molecule is CC1=C(c2ccc(C)cc2)C([C@H](OC(C)(C)C)C(=O)O)=C(C)C2C1c1ncn(C)c1CN2S(C)(=O)=O. The van der Waals surface area contributed by atoms with Gasteiger partial charge in [0.05, 0.1) is 42.2 Å². The number of sulfonamides is 1. The van der Waals surface area contributed by atoms with Gasteiger partial charge in [-0.15, -0.1) is 0 Å². The second-order valence-electron chi connectivity index (χ2n) is 10.9. The largest absolute Gasteiger partial charge is 0.479 e. The molecule has 3 atom stereocenters. The van der Waals surface area contributed by atoms with Gasteiger partial charge >= 0.3 is 5.97 Å². The van der Waals surface area contributed by atoms with Crippen molar-refractivity contribution < 1.29 is 23.1 Å². The van der Waals surface area contributed by atoms with E-state index in [1.165, 1.54) is 10.6 Å². The third-order valence-electron chi connectivity index (χ3n) is 7.04. The number of imidazole rings is 1. The molecule has 2 aromatic rings. The topological polar surface area (TPSA) is 102 Å². The van der Waals surface area contributed by atoms with Gasteiger partial charge in [0.25, 0.3) is 0 Å². The Hall–Kier alpha value is -2.75. The first-order valence-corrected chi connectivity index (χ1v) is 13.8. The fourth-order valence-electron chi connectivity index (χ4n) is 5.47. The van der Waals surface area contributed by atoms with Crippen LogP contribution in [0.15, 0.2) is 47.3 Å². The number of carboxylic acid groups (broad SMARTS) is 1. The lowest BCUT2D eigenvalue weighted by atomic mass is 9.70. The number of benzene rings is 1. The van der Waals surface area contributed by atoms with Crippen LogP contribution in [0.1, 0.15) is 63.1 Å². The minimum atomic E-state index is -3.63. The molecule has 0 saturated heterocycles. The van der Waals surface area contributed by atoms with Crippen molar-refractivity contribution >= 4 is 21.6 Å². The summed E-state index contributed by atoms with van der Waals surface area (Å²) in [5.41, 5.74) is 5.70. The first kappa shape index (κ1) is 26.3. The number of hydrogen-bond acceptors (Lipinski definition) is 5. The molecule has 1 aromatic heterocycles. The Morgan fingerprint density at radius 3 is 2.28 bits per heavy atom. The third-order valence-corrected chi connectivity index (χ3v) is 8.25. The smallest absolute Gasteiger partial charge is 0.337 e. The van der Waals surface area contributed by atoms with Crippen LogP contribution in [-0.4, -0.2) is 57.4 Å². The Labute approximate surface area is 213 Å². The Kier molecular flexibility index (Phi) is 6.56. The van der Waals surface area contributed by atoms with Crippen molar-refractivity contribution in [3.05, 3.63) is 69.8 Å². The van der Waals surface area contributed by atoms with E-state index in [0.29, 0.717) is 11.1 Å². The van der Waals surface area contributed by atoms with Crippen LogP contribution in [-0.2, 0) is 33.1 Å². The molecule has 0 spiro atoms. The molecule has 1 aromatic carbocycles. The first-order chi connectivity index (χ1) is 16.6. The molecule has 0 fully saturated rings. The molecule has 1 N–H and O–H groups in total. The van der Waals surface area contributed by atoms with Crippen molar-refractivity contribution in [1.82, 2.24) is 13.9 Å². The number of rotatable bonds is 5. The normalized spacial score (nSPS) is 21.9. The van der Waals surface area contributed by atoms with E-state index < -0.39 is 33.7 Å². The van der Waals surface area contributed by atoms with Gasteiger partial charge in [-0.2, -0.15) is 4.31 Å². The Morgan fingerprint density at radius 2 is 1.75 bits per heavy atom. The maximum Gasteiger partial charge on any atom is 0.337 e. The van der Waals surface area contributed by atoms with Crippen LogP contribution in [0.3, 0.4) is 0 Å². The van der Waals surface area contributed by atoms with Crippen molar-refractivity contribution in [1.29, 1.82) is 0 Å². The predicted molar refractivity (Wildman–Crippen MR) is 139 cm³/mol. The third kappa shape index (κ3) is 4.55. The zero-order chi connectivity index (χ0) is 26.7. The Morgan fingerprint density at radius 1 is 1.14 bits per heavy atom. The van der Waals surface area contributed by atoms with Crippen molar-refractivity contribution in [2.45, 2.75) is 71.8 Å². The van der Waals surface area contributed by atoms with Gasteiger partial charge in [0, 0.05) is 18.5 Å². The van der Waals surface area contributed by atoms with Crippen molar-refractivity contribution in [2.24, 2.45) is 7.05 Å². The summed E-state index contributed by atoms with van der Waals surface area (Å²) >= 11 is 0. The Bertz CT molecular complexity index is 1380. The molecule has 9 heteroatoms. The number of aromatic nitrogens is 2. The van der Waals surface area contributed by atoms with Crippen LogP contribution in [0.25, 0.3) is 5.57 Å². The lowest BCUT2D eigenvalue weighted by molar-refractivity contribution is -0.155. The number of carbonyl (C=O) groups is 1. The van der Waals surface area contributed by atoms with Gasteiger partial charge < -0.3 is 14.4 Å². The highest BCUT2D eigenvalue weighted by molar-refractivity contribution is 7.88. The highest BCUT2D eigenvalue weighted by atomic mass is 32.2. The van der Waals surface area contributed by atoms with E-state index in [4.69, 9.17) is 4.74 Å². The van der Waals surface area contributed by atoms with Gasteiger partial charge in [-0.25, -0.2) is 18.2 Å². The molecule has 4 rings (SSSR count). The molecule has 2 aliphatic rings. The number of aliphatic carboxylic acids is 1. The number of hydrogen-bond donors (Lipinski definition) is 1. The van der Waals surface area contributed by atoms with Gasteiger partial charge in [0.15, 0.2) is 6.10 Å². The average molecular weight is 514 g/mol. The average Bonchev–Trinajstić information content (AvgIpc) is 3.13. The van der Waals surface area contributed by atoms with Crippen LogP contribution < -0.4 is 0 Å². The van der Waals surface area contributed by atoms with E-state index >= 15 is 0 Å². The molecular weight excluding hydrogens is 478 g/mol. The zero-order valence-corrected chi connectivity index (χ0v) is 23.0. The van der Waals surface area contributed by atoms with E-state index in [9.17, 15) is 18.3 Å². The lowest BCUT2D eigenvalue weighted by Gasteiger charge is -2.46. The van der Waals surface area contributed by atoms with Gasteiger partial charge in [0.1, 0.15) is 0 Å². The van der Waals surface area contributed by atoms with E-state index in [1.807, 2.05) is 77.4 Å². The summed E-state index contributed by atoms with van der Waals surface area (Å²) in [5.74, 6) is -1.47. The van der Waals surface area contributed by atoms with Crippen LogP contribution in [0.2, 0.25) is 0 Å². The van der Waals surface area contributed by atoms with Gasteiger partial charge in [0.2, 0.25) is 10.0 Å². The molecular formula is C27H35N3O5S. The summed E-state index contributed by atoms with van der Waals surface area (Å²) in [5, 5.41) is 10.4. The quantitative estimate of drug-likeness (QED) is 0.648. The maximum absolute atomic E-state index is 13.1. The highest BCUT2D eigenvalue weighted by Crippen LogP contribution is 2.51. The number of ether oxygens (including phenoxy) is 1. The molecule has 36 heavy (non-hydrogen) atoms. The Balaban J connectivity index is 2.08. The highest BCUT2D eigenvalue weighted by Gasteiger charge is 2.49. The molecule has 1 aliphatic carbocycles. The molecule has 2 heterocycles. The van der Waals surface area contributed by atoms with Crippen LogP contribution in [0, 0.1) is 6.92 Å². The molecule has 0 radical (unpaired) electrons. The molecule has 0 bridgehead atoms. The molecule has 0 saturated carbocycles. The summed E-state index contributed by atoms with van der Waals surface area (Å²) in [6.07, 6.45) is 1.64. The summed E-state index contributed by atoms with van der Waals surface area (Å²) in [6, 6.07) is 7.34. The molecule has 1 aliphatic heterocycles. The first-order valence-electron chi connectivity index (χ1n) is 12.0. The fraction of sp³-hybridized carbons (Fsp3) is 0.481. The lowest BCUT2D eigenvalue weighted by Crippen LogP contribution is -2.50. The molecule has 0 amide bonds. The van der Waals surface area contributed by atoms with E-state index in [0.717, 1.165) is 33.7 Å². The predicted octanol–water partition coefficient (Wildman–Crippen LogP) is 4.03. The summed E-state index contributed by atoms with van der Waals surface area (Å²) in [6.45, 7) is 11.4. The standard InChI is InChI=1S/C27H35N3O5S/c1-15-9-11-18(12-10-15)20-16(2)22-23-19(29(7)14-28-23)13-30(36(8,33)34)24(22)17(3)21(20)25(26(31)32)35-27(4,5)6/h9-12,14,22,24-25H,13H2,1-8H3,(H,31,32)/t22?,24?,25-/m0/s1. The number of carboxylic acids is 1. The summed E-state index contributed by atoms with van der Waals surface area (Å²) in [7, 11) is -1.77. The van der Waals surface area contributed by atoms with Crippen molar-refractivity contribution in [3.63, 3.8) is 0 Å². The molecule has 8 nitrogen and oxygen atoms in total. The van der Waals surface area contributed by atoms with Crippen molar-refractivity contribution in [3.8, 4) is 0 Å². The summed E-state index contributed by atoms with van der Waals surface area (Å²) < 4.78 is 35.6. The zero-order valence-electron chi connectivity index (χ0n) is 22.2. The maximum atomic E-state index is 13.1. The number of fused-ring (bicyclic) bond motifs is 3. The molecule has 2 unspecified atom stereocenters. The minimum Gasteiger partial charge on any atom is -0.479 e. The van der Waals surface area contributed by atoms with Crippen molar-refractivity contribution in [2.75, 3.05) is 6.26 Å². The van der Waals surface area contributed by atoms with E-state index in [1.54, 1.807) is 6.33 Å². The van der Waals surface area contributed by atoms with Crippen LogP contribution >= 0.6 is 0 Å². The second kappa shape index (κ2) is 8.97. The van der Waals surface area contributed by atoms with E-state index in [-0.39, 0.29) is 12.5 Å². The monoisotopic (exact) mass is 513 g/mol. The molecule has 194 valence electrons. The van der Waals surface area contributed by atoms with Crippen LogP contribution in [0.5, 0.6) is 0 Å². The van der Waals surface area contributed by atoms with Gasteiger partial charge in [-0.1, -0.05) is 35.4 Å². The fourth-order valence-corrected chi connectivity index (χ4v) is 6.52. The minimum absolute atomic E-state index is 0.168. The van der Waals surface area contributed by atoms with E-state index in [2.05, 4.69) is 4.98 Å².